The van der Waals surface area contributed by atoms with Gasteiger partial charge in [-0.3, -0.25) is 4.79 Å². The minimum Gasteiger partial charge on any atom is -0.366 e. The maximum Gasteiger partial charge on any atom is 0.253 e. The van der Waals surface area contributed by atoms with E-state index in [1.165, 1.54) is 4.88 Å². The van der Waals surface area contributed by atoms with Crippen LogP contribution in [0.25, 0.3) is 0 Å². The molecule has 2 unspecified atom stereocenters. The standard InChI is InChI=1S/C14H23N3O2S/c1-5-12-16-9(2)13(20-12)10(3)17(4)14(18)11-8-15-6-7-19-11/h10-11,15H,5-8H2,1-4H3. The molecule has 1 fully saturated rings. The van der Waals surface area contributed by atoms with Crippen LogP contribution in [0.15, 0.2) is 0 Å². The number of hydrogen-bond donors (Lipinski definition) is 1. The smallest absolute Gasteiger partial charge is 0.253 e. The number of aryl methyl sites for hydroxylation is 2. The van der Waals surface area contributed by atoms with Crippen LogP contribution in [0.3, 0.4) is 0 Å². The van der Waals surface area contributed by atoms with Gasteiger partial charge in [-0.2, -0.15) is 0 Å². The lowest BCUT2D eigenvalue weighted by molar-refractivity contribution is -0.145. The van der Waals surface area contributed by atoms with Crippen LogP contribution in [0.4, 0.5) is 0 Å². The number of ether oxygens (including phenoxy) is 1. The lowest BCUT2D eigenvalue weighted by atomic mass is 10.2. The molecule has 2 heterocycles. The van der Waals surface area contributed by atoms with Gasteiger partial charge in [-0.25, -0.2) is 4.98 Å². The molecular weight excluding hydrogens is 274 g/mol. The van der Waals surface area contributed by atoms with Crippen LogP contribution in [0.1, 0.15) is 35.5 Å². The molecular formula is C14H23N3O2S. The third-order valence-corrected chi connectivity index (χ3v) is 5.16. The van der Waals surface area contributed by atoms with Crippen LogP contribution in [0, 0.1) is 6.92 Å². The topological polar surface area (TPSA) is 54.5 Å². The van der Waals surface area contributed by atoms with Gasteiger partial charge in [0, 0.05) is 25.0 Å². The monoisotopic (exact) mass is 297 g/mol. The van der Waals surface area contributed by atoms with Crippen LogP contribution in [-0.2, 0) is 16.0 Å². The fourth-order valence-corrected chi connectivity index (χ4v) is 3.43. The number of carbonyl (C=O) groups excluding carboxylic acids is 1. The second-order valence-corrected chi connectivity index (χ2v) is 6.21. The first-order chi connectivity index (χ1) is 9.54. The van der Waals surface area contributed by atoms with Gasteiger partial charge in [-0.15, -0.1) is 11.3 Å². The van der Waals surface area contributed by atoms with Gasteiger partial charge in [0.2, 0.25) is 0 Å². The molecule has 1 aromatic rings. The highest BCUT2D eigenvalue weighted by Crippen LogP contribution is 2.29. The van der Waals surface area contributed by atoms with Crippen molar-refractivity contribution in [3.05, 3.63) is 15.6 Å². The van der Waals surface area contributed by atoms with Crippen molar-refractivity contribution >= 4 is 17.2 Å². The number of nitrogens with one attached hydrogen (secondary N) is 1. The van der Waals surface area contributed by atoms with Crippen molar-refractivity contribution in [3.63, 3.8) is 0 Å². The van der Waals surface area contributed by atoms with Crippen molar-refractivity contribution in [1.82, 2.24) is 15.2 Å². The number of hydrogen-bond acceptors (Lipinski definition) is 5. The van der Waals surface area contributed by atoms with Crippen LogP contribution in [-0.4, -0.2) is 48.6 Å². The molecule has 2 atom stereocenters. The average molecular weight is 297 g/mol. The quantitative estimate of drug-likeness (QED) is 0.915. The van der Waals surface area contributed by atoms with E-state index in [0.717, 1.165) is 23.7 Å². The number of thiazole rings is 1. The van der Waals surface area contributed by atoms with Gasteiger partial charge in [0.25, 0.3) is 5.91 Å². The summed E-state index contributed by atoms with van der Waals surface area (Å²) in [5, 5.41) is 4.32. The molecule has 1 aromatic heterocycles. The Morgan fingerprint density at radius 2 is 2.40 bits per heavy atom. The molecule has 0 aromatic carbocycles. The molecule has 1 amide bonds. The molecule has 112 valence electrons. The van der Waals surface area contributed by atoms with Gasteiger partial charge < -0.3 is 15.0 Å². The minimum absolute atomic E-state index is 0.0332. The van der Waals surface area contributed by atoms with Gasteiger partial charge in [0.15, 0.2) is 0 Å². The summed E-state index contributed by atoms with van der Waals surface area (Å²) in [4.78, 5) is 19.9. The Morgan fingerprint density at radius 3 is 2.95 bits per heavy atom. The normalized spacial score (nSPS) is 20.7. The van der Waals surface area contributed by atoms with Crippen LogP contribution < -0.4 is 5.32 Å². The molecule has 0 bridgehead atoms. The first kappa shape index (κ1) is 15.4. The summed E-state index contributed by atoms with van der Waals surface area (Å²) in [5.41, 5.74) is 1.03. The highest BCUT2D eigenvalue weighted by Gasteiger charge is 2.29. The van der Waals surface area contributed by atoms with E-state index >= 15 is 0 Å². The summed E-state index contributed by atoms with van der Waals surface area (Å²) in [5.74, 6) is 0.0375. The summed E-state index contributed by atoms with van der Waals surface area (Å²) >= 11 is 1.70. The van der Waals surface area contributed by atoms with Crippen molar-refractivity contribution in [2.24, 2.45) is 0 Å². The number of nitrogens with zero attached hydrogens (tertiary/aromatic N) is 2. The molecule has 1 saturated heterocycles. The van der Waals surface area contributed by atoms with E-state index in [9.17, 15) is 4.79 Å². The Morgan fingerprint density at radius 1 is 1.65 bits per heavy atom. The third-order valence-electron chi connectivity index (χ3n) is 3.69. The highest BCUT2D eigenvalue weighted by atomic mass is 32.1. The molecule has 6 heteroatoms. The first-order valence-corrected chi connectivity index (χ1v) is 7.91. The first-order valence-electron chi connectivity index (χ1n) is 7.09. The summed E-state index contributed by atoms with van der Waals surface area (Å²) in [6.45, 7) is 8.17. The molecule has 1 N–H and O–H groups in total. The van der Waals surface area contributed by atoms with Crippen molar-refractivity contribution in [2.45, 2.75) is 39.3 Å². The summed E-state index contributed by atoms with van der Waals surface area (Å²) in [6.07, 6.45) is 0.570. The molecule has 0 aliphatic carbocycles. The Bertz CT molecular complexity index is 469. The Kier molecular flexibility index (Phi) is 5.12. The van der Waals surface area contributed by atoms with Crippen molar-refractivity contribution < 1.29 is 9.53 Å². The predicted octanol–water partition coefficient (Wildman–Crippen LogP) is 1.52. The van der Waals surface area contributed by atoms with Crippen LogP contribution in [0.5, 0.6) is 0 Å². The van der Waals surface area contributed by atoms with Crippen molar-refractivity contribution in [1.29, 1.82) is 0 Å². The molecule has 20 heavy (non-hydrogen) atoms. The number of likely N-dealkylation sites (N-methyl/N-ethyl adjacent to an activating group) is 1. The molecule has 0 saturated carbocycles. The maximum atomic E-state index is 12.4. The van der Waals surface area contributed by atoms with E-state index in [2.05, 4.69) is 17.2 Å². The van der Waals surface area contributed by atoms with Crippen LogP contribution in [0.2, 0.25) is 0 Å². The zero-order valence-electron chi connectivity index (χ0n) is 12.6. The van der Waals surface area contributed by atoms with Gasteiger partial charge in [0.1, 0.15) is 6.10 Å². The number of amides is 1. The zero-order valence-corrected chi connectivity index (χ0v) is 13.4. The summed E-state index contributed by atoms with van der Waals surface area (Å²) in [6, 6.07) is 0.0332. The second-order valence-electron chi connectivity index (χ2n) is 5.10. The Balaban J connectivity index is 2.08. The fraction of sp³-hybridized carbons (Fsp3) is 0.714. The second kappa shape index (κ2) is 6.65. The highest BCUT2D eigenvalue weighted by molar-refractivity contribution is 7.11. The van der Waals surface area contributed by atoms with E-state index in [0.29, 0.717) is 13.2 Å². The van der Waals surface area contributed by atoms with Crippen molar-refractivity contribution in [3.8, 4) is 0 Å². The third kappa shape index (κ3) is 3.19. The van der Waals surface area contributed by atoms with Crippen molar-refractivity contribution in [2.75, 3.05) is 26.7 Å². The molecule has 1 aliphatic rings. The lowest BCUT2D eigenvalue weighted by Crippen LogP contribution is -2.48. The molecule has 0 spiro atoms. The summed E-state index contributed by atoms with van der Waals surface area (Å²) in [7, 11) is 1.84. The van der Waals surface area contributed by atoms with Crippen LogP contribution >= 0.6 is 11.3 Å². The van der Waals surface area contributed by atoms with Gasteiger partial charge >= 0.3 is 0 Å². The minimum atomic E-state index is -0.366. The molecule has 1 aliphatic heterocycles. The molecule has 0 radical (unpaired) electrons. The van der Waals surface area contributed by atoms with Gasteiger partial charge in [-0.05, 0) is 20.3 Å². The SMILES string of the molecule is CCc1nc(C)c(C(C)N(C)C(=O)C2CNCCO2)s1. The molecule has 2 rings (SSSR count). The molecule has 5 nitrogen and oxygen atoms in total. The van der Waals surface area contributed by atoms with E-state index < -0.39 is 0 Å². The lowest BCUT2D eigenvalue weighted by Gasteiger charge is -2.30. The number of morpholine rings is 1. The van der Waals surface area contributed by atoms with Gasteiger partial charge in [0.05, 0.1) is 23.4 Å². The summed E-state index contributed by atoms with van der Waals surface area (Å²) < 4.78 is 5.54. The van der Waals surface area contributed by atoms with E-state index in [-0.39, 0.29) is 18.1 Å². The predicted molar refractivity (Wildman–Crippen MR) is 80.0 cm³/mol. The van der Waals surface area contributed by atoms with E-state index in [1.807, 2.05) is 20.9 Å². The van der Waals surface area contributed by atoms with Gasteiger partial charge in [-0.1, -0.05) is 6.92 Å². The van der Waals surface area contributed by atoms with E-state index in [4.69, 9.17) is 4.74 Å². The Labute approximate surface area is 124 Å². The maximum absolute atomic E-state index is 12.4. The largest absolute Gasteiger partial charge is 0.366 e. The number of rotatable bonds is 4. The Hall–Kier alpha value is -0.980. The average Bonchev–Trinajstić information content (AvgIpc) is 2.87. The zero-order chi connectivity index (χ0) is 14.7. The fourth-order valence-electron chi connectivity index (χ4n) is 2.32. The number of aromatic nitrogens is 1. The number of carbonyl (C=O) groups is 1. The van der Waals surface area contributed by atoms with E-state index in [1.54, 1.807) is 16.2 Å².